The van der Waals surface area contributed by atoms with Gasteiger partial charge in [-0.1, -0.05) is 13.8 Å². The van der Waals surface area contributed by atoms with Gasteiger partial charge in [-0.05, 0) is 12.8 Å². The Labute approximate surface area is 145 Å². The van der Waals surface area contributed by atoms with Crippen LogP contribution in [-0.4, -0.2) is 65.0 Å². The molecule has 0 bridgehead atoms. The van der Waals surface area contributed by atoms with Gasteiger partial charge < -0.3 is 14.9 Å². The van der Waals surface area contributed by atoms with Crippen molar-refractivity contribution in [3.8, 4) is 0 Å². The monoisotopic (exact) mass is 366 g/mol. The maximum atomic E-state index is 12.9. The summed E-state index contributed by atoms with van der Waals surface area (Å²) in [5.41, 5.74) is 0. The Morgan fingerprint density at radius 3 is 2.04 bits per heavy atom. The van der Waals surface area contributed by atoms with Crippen molar-refractivity contribution in [1.82, 2.24) is 9.80 Å². The molecular weight excluding hydrogens is 341 g/mol. The van der Waals surface area contributed by atoms with Crippen molar-refractivity contribution in [1.29, 1.82) is 0 Å². The summed E-state index contributed by atoms with van der Waals surface area (Å²) < 4.78 is 38.8. The number of carbonyl (C=O) groups is 3. The highest BCUT2D eigenvalue weighted by atomic mass is 19.4. The molecule has 0 aromatic rings. The summed E-state index contributed by atoms with van der Waals surface area (Å²) in [6.07, 6.45) is -3.41. The largest absolute Gasteiger partial charge is 0.481 e. The summed E-state index contributed by atoms with van der Waals surface area (Å²) in [4.78, 5) is 37.8. The van der Waals surface area contributed by atoms with Gasteiger partial charge >= 0.3 is 12.1 Å². The fourth-order valence-electron chi connectivity index (χ4n) is 3.02. The van der Waals surface area contributed by atoms with Gasteiger partial charge in [0.2, 0.25) is 11.8 Å². The van der Waals surface area contributed by atoms with Crippen LogP contribution in [0.5, 0.6) is 0 Å². The van der Waals surface area contributed by atoms with Gasteiger partial charge in [-0.25, -0.2) is 0 Å². The van der Waals surface area contributed by atoms with Crippen molar-refractivity contribution in [3.63, 3.8) is 0 Å². The first-order valence-electron chi connectivity index (χ1n) is 8.46. The van der Waals surface area contributed by atoms with Gasteiger partial charge in [0.05, 0.1) is 11.8 Å². The Morgan fingerprint density at radius 2 is 1.64 bits per heavy atom. The van der Waals surface area contributed by atoms with Crippen LogP contribution in [-0.2, 0) is 14.4 Å². The van der Waals surface area contributed by atoms with E-state index in [1.165, 1.54) is 0 Å². The van der Waals surface area contributed by atoms with Crippen LogP contribution < -0.4 is 0 Å². The second-order valence-corrected chi connectivity index (χ2v) is 6.27. The number of hydrogen-bond acceptors (Lipinski definition) is 3. The van der Waals surface area contributed by atoms with E-state index in [2.05, 4.69) is 0 Å². The molecule has 1 heterocycles. The van der Waals surface area contributed by atoms with Crippen LogP contribution >= 0.6 is 0 Å². The van der Waals surface area contributed by atoms with E-state index in [1.54, 1.807) is 4.90 Å². The maximum absolute atomic E-state index is 12.9. The van der Waals surface area contributed by atoms with Crippen LogP contribution in [0.2, 0.25) is 0 Å². The van der Waals surface area contributed by atoms with E-state index >= 15 is 0 Å². The minimum Gasteiger partial charge on any atom is -0.481 e. The second kappa shape index (κ2) is 9.05. The van der Waals surface area contributed by atoms with Crippen LogP contribution in [0, 0.1) is 11.8 Å². The molecule has 0 saturated carbocycles. The molecule has 2 atom stereocenters. The second-order valence-electron chi connectivity index (χ2n) is 6.27. The smallest absolute Gasteiger partial charge is 0.394 e. The number of carbonyl (C=O) groups excluding carboxylic acids is 2. The Hall–Kier alpha value is -1.80. The molecule has 6 nitrogen and oxygen atoms in total. The third-order valence-electron chi connectivity index (χ3n) is 4.30. The molecule has 25 heavy (non-hydrogen) atoms. The number of aliphatic carboxylic acids is 1. The summed E-state index contributed by atoms with van der Waals surface area (Å²) in [5, 5.41) is 8.96. The topological polar surface area (TPSA) is 77.9 Å². The molecule has 1 rings (SSSR count). The fourth-order valence-corrected chi connectivity index (χ4v) is 3.02. The highest BCUT2D eigenvalue weighted by Gasteiger charge is 2.53. The average Bonchev–Trinajstić information content (AvgIpc) is 2.98. The number of hydrogen-bond donors (Lipinski definition) is 1. The van der Waals surface area contributed by atoms with E-state index in [0.29, 0.717) is 13.1 Å². The molecular formula is C16H25F3N2O4. The van der Waals surface area contributed by atoms with Crippen LogP contribution in [0.1, 0.15) is 39.5 Å². The standard InChI is InChI=1S/C16H25F3N2O4/c1-3-7-20(8-4-2)13(22)5-6-14(23)21-9-11(15(24)25)12(10-21)16(17,18)19/h11-12H,3-10H2,1-2H3,(H,24,25)/t11-,12-/m1/s1. The molecule has 9 heteroatoms. The molecule has 2 amide bonds. The maximum Gasteiger partial charge on any atom is 0.394 e. The first-order chi connectivity index (χ1) is 11.6. The van der Waals surface area contributed by atoms with E-state index in [0.717, 1.165) is 17.7 Å². The SMILES string of the molecule is CCCN(CCC)C(=O)CCC(=O)N1C[C@@H](C(F)(F)F)[C@H](C(=O)O)C1. The van der Waals surface area contributed by atoms with E-state index in [1.807, 2.05) is 13.8 Å². The molecule has 1 N–H and O–H groups in total. The molecule has 0 aliphatic carbocycles. The zero-order chi connectivity index (χ0) is 19.2. The van der Waals surface area contributed by atoms with Gasteiger partial charge in [-0.15, -0.1) is 0 Å². The summed E-state index contributed by atoms with van der Waals surface area (Å²) in [5.74, 6) is -6.11. The number of likely N-dealkylation sites (tertiary alicyclic amines) is 1. The fraction of sp³-hybridized carbons (Fsp3) is 0.812. The minimum absolute atomic E-state index is 0.0796. The van der Waals surface area contributed by atoms with Crippen LogP contribution in [0.4, 0.5) is 13.2 Å². The average molecular weight is 366 g/mol. The third kappa shape index (κ3) is 5.89. The summed E-state index contributed by atoms with van der Waals surface area (Å²) in [6, 6.07) is 0. The summed E-state index contributed by atoms with van der Waals surface area (Å²) >= 11 is 0. The molecule has 1 saturated heterocycles. The van der Waals surface area contributed by atoms with Gasteiger partial charge in [0.25, 0.3) is 0 Å². The van der Waals surface area contributed by atoms with Crippen molar-refractivity contribution in [2.75, 3.05) is 26.2 Å². The molecule has 0 aromatic carbocycles. The molecule has 0 aromatic heterocycles. The van der Waals surface area contributed by atoms with Gasteiger partial charge in [-0.3, -0.25) is 14.4 Å². The van der Waals surface area contributed by atoms with Gasteiger partial charge in [-0.2, -0.15) is 13.2 Å². The Balaban J connectivity index is 2.63. The predicted octanol–water partition coefficient (Wildman–Crippen LogP) is 2.14. The lowest BCUT2D eigenvalue weighted by Gasteiger charge is -2.22. The number of nitrogens with zero attached hydrogens (tertiary/aromatic N) is 2. The highest BCUT2D eigenvalue weighted by Crippen LogP contribution is 2.37. The number of carboxylic acid groups (broad SMARTS) is 1. The normalized spacial score (nSPS) is 20.6. The Bertz CT molecular complexity index is 490. The summed E-state index contributed by atoms with van der Waals surface area (Å²) in [7, 11) is 0. The Kier molecular flexibility index (Phi) is 7.69. The van der Waals surface area contributed by atoms with Crippen LogP contribution in [0.3, 0.4) is 0 Å². The van der Waals surface area contributed by atoms with Gasteiger partial charge in [0.15, 0.2) is 0 Å². The molecule has 0 spiro atoms. The molecule has 0 unspecified atom stereocenters. The number of halogens is 3. The third-order valence-corrected chi connectivity index (χ3v) is 4.30. The first kappa shape index (κ1) is 21.2. The molecule has 144 valence electrons. The first-order valence-corrected chi connectivity index (χ1v) is 8.46. The van der Waals surface area contributed by atoms with E-state index in [-0.39, 0.29) is 18.7 Å². The van der Waals surface area contributed by atoms with Crippen LogP contribution in [0.15, 0.2) is 0 Å². The number of amides is 2. The van der Waals surface area contributed by atoms with Crippen molar-refractivity contribution < 1.29 is 32.7 Å². The molecule has 1 aliphatic rings. The zero-order valence-electron chi connectivity index (χ0n) is 14.5. The predicted molar refractivity (Wildman–Crippen MR) is 83.6 cm³/mol. The van der Waals surface area contributed by atoms with Crippen molar-refractivity contribution in [3.05, 3.63) is 0 Å². The lowest BCUT2D eigenvalue weighted by Crippen LogP contribution is -2.35. The van der Waals surface area contributed by atoms with Crippen molar-refractivity contribution in [2.45, 2.75) is 45.7 Å². The number of alkyl halides is 3. The van der Waals surface area contributed by atoms with Crippen LogP contribution in [0.25, 0.3) is 0 Å². The summed E-state index contributed by atoms with van der Waals surface area (Å²) in [6.45, 7) is 3.86. The quantitative estimate of drug-likeness (QED) is 0.714. The molecule has 1 fully saturated rings. The van der Waals surface area contributed by atoms with Crippen molar-refractivity contribution in [2.24, 2.45) is 11.8 Å². The molecule has 0 radical (unpaired) electrons. The Morgan fingerprint density at radius 1 is 1.08 bits per heavy atom. The van der Waals surface area contributed by atoms with Gasteiger partial charge in [0.1, 0.15) is 0 Å². The molecule has 1 aliphatic heterocycles. The van der Waals surface area contributed by atoms with Crippen molar-refractivity contribution >= 4 is 17.8 Å². The number of carboxylic acids is 1. The highest BCUT2D eigenvalue weighted by molar-refractivity contribution is 5.84. The number of rotatable bonds is 8. The zero-order valence-corrected chi connectivity index (χ0v) is 14.5. The van der Waals surface area contributed by atoms with E-state index < -0.39 is 43.0 Å². The van der Waals surface area contributed by atoms with Gasteiger partial charge in [0, 0.05) is 39.0 Å². The minimum atomic E-state index is -4.67. The lowest BCUT2D eigenvalue weighted by molar-refractivity contribution is -0.188. The van der Waals surface area contributed by atoms with E-state index in [9.17, 15) is 27.6 Å². The van der Waals surface area contributed by atoms with E-state index in [4.69, 9.17) is 5.11 Å². The lowest BCUT2D eigenvalue weighted by atomic mass is 9.96.